The first kappa shape index (κ1) is 22.2. The van der Waals surface area contributed by atoms with E-state index in [1.807, 2.05) is 27.7 Å². The molecule has 0 spiro atoms. The van der Waals surface area contributed by atoms with Gasteiger partial charge in [0.1, 0.15) is 0 Å². The number of aromatic nitrogens is 3. The Bertz CT molecular complexity index is 1050. The Balaban J connectivity index is 2.19. The zero-order chi connectivity index (χ0) is 22.2. The lowest BCUT2D eigenvalue weighted by atomic mass is 10.0. The molecule has 0 bridgehead atoms. The predicted molar refractivity (Wildman–Crippen MR) is 118 cm³/mol. The van der Waals surface area contributed by atoms with Crippen molar-refractivity contribution in [3.8, 4) is 0 Å². The van der Waals surface area contributed by atoms with Crippen LogP contribution in [-0.2, 0) is 6.54 Å². The van der Waals surface area contributed by atoms with Gasteiger partial charge in [-0.25, -0.2) is 9.78 Å². The molecule has 164 valence electrons. The van der Waals surface area contributed by atoms with Crippen LogP contribution in [0, 0.1) is 5.92 Å². The standard InChI is InChI=1S/C22H33N5O3/c1-13(2)12-27-19-18(20(28)24-22(27)30)16(11-17(23-19)14(3)4)21(29)26(6)15-7-9-25(5)10-8-15/h11,13-15H,7-10,12H2,1-6H3,(H,24,28,30). The van der Waals surface area contributed by atoms with Crippen molar-refractivity contribution < 1.29 is 4.79 Å². The highest BCUT2D eigenvalue weighted by molar-refractivity contribution is 6.05. The van der Waals surface area contributed by atoms with Crippen molar-refractivity contribution >= 4 is 16.9 Å². The fraction of sp³-hybridized carbons (Fsp3) is 0.636. The average Bonchev–Trinajstić information content (AvgIpc) is 2.69. The highest BCUT2D eigenvalue weighted by Crippen LogP contribution is 2.23. The van der Waals surface area contributed by atoms with Gasteiger partial charge in [-0.15, -0.1) is 0 Å². The third-order valence-electron chi connectivity index (χ3n) is 5.89. The van der Waals surface area contributed by atoms with E-state index >= 15 is 0 Å². The number of nitrogens with one attached hydrogen (secondary N) is 1. The Kier molecular flexibility index (Phi) is 6.45. The summed E-state index contributed by atoms with van der Waals surface area (Å²) in [6, 6.07) is 1.85. The number of hydrogen-bond donors (Lipinski definition) is 1. The second-order valence-electron chi connectivity index (χ2n) is 9.16. The molecule has 0 radical (unpaired) electrons. The third kappa shape index (κ3) is 4.33. The molecule has 8 heteroatoms. The van der Waals surface area contributed by atoms with E-state index in [9.17, 15) is 14.4 Å². The fourth-order valence-electron chi connectivity index (χ4n) is 4.03. The number of nitrogens with zero attached hydrogens (tertiary/aromatic N) is 4. The molecule has 30 heavy (non-hydrogen) atoms. The van der Waals surface area contributed by atoms with Gasteiger partial charge in [-0.3, -0.25) is 19.1 Å². The van der Waals surface area contributed by atoms with E-state index in [1.165, 1.54) is 4.57 Å². The van der Waals surface area contributed by atoms with Gasteiger partial charge in [0.15, 0.2) is 5.65 Å². The van der Waals surface area contributed by atoms with Crippen molar-refractivity contribution in [3.63, 3.8) is 0 Å². The van der Waals surface area contributed by atoms with Gasteiger partial charge in [-0.2, -0.15) is 0 Å². The van der Waals surface area contributed by atoms with Gasteiger partial charge in [-0.05, 0) is 50.9 Å². The number of likely N-dealkylation sites (tertiary alicyclic amines) is 1. The minimum absolute atomic E-state index is 0.0523. The van der Waals surface area contributed by atoms with Crippen LogP contribution in [0.3, 0.4) is 0 Å². The summed E-state index contributed by atoms with van der Waals surface area (Å²) in [5.74, 6) is 0.0398. The van der Waals surface area contributed by atoms with E-state index in [-0.39, 0.29) is 29.2 Å². The molecule has 8 nitrogen and oxygen atoms in total. The SMILES string of the molecule is CC(C)Cn1c(=O)[nH]c(=O)c2c(C(=O)N(C)C3CCN(C)CC3)cc(C(C)C)nc21. The number of aromatic amines is 1. The van der Waals surface area contributed by atoms with Crippen LogP contribution in [0.2, 0.25) is 0 Å². The number of fused-ring (bicyclic) bond motifs is 1. The molecule has 1 fully saturated rings. The van der Waals surface area contributed by atoms with Crippen molar-refractivity contribution in [2.24, 2.45) is 5.92 Å². The quantitative estimate of drug-likeness (QED) is 0.807. The van der Waals surface area contributed by atoms with Crippen LogP contribution < -0.4 is 11.2 Å². The lowest BCUT2D eigenvalue weighted by Crippen LogP contribution is -2.45. The fourth-order valence-corrected chi connectivity index (χ4v) is 4.03. The van der Waals surface area contributed by atoms with Gasteiger partial charge in [0.25, 0.3) is 11.5 Å². The molecule has 1 aliphatic heterocycles. The third-order valence-corrected chi connectivity index (χ3v) is 5.89. The molecule has 3 heterocycles. The summed E-state index contributed by atoms with van der Waals surface area (Å²) in [5.41, 5.74) is 0.271. The smallest absolute Gasteiger partial charge is 0.330 e. The van der Waals surface area contributed by atoms with Crippen LogP contribution in [0.1, 0.15) is 62.5 Å². The van der Waals surface area contributed by atoms with Gasteiger partial charge in [0, 0.05) is 25.3 Å². The molecule has 0 unspecified atom stereocenters. The normalized spacial score (nSPS) is 16.0. The number of carbonyl (C=O) groups is 1. The Morgan fingerprint density at radius 3 is 2.43 bits per heavy atom. The maximum atomic E-state index is 13.5. The number of piperidine rings is 1. The molecule has 0 aromatic carbocycles. The molecule has 1 saturated heterocycles. The molecule has 0 saturated carbocycles. The molecule has 0 aliphatic carbocycles. The molecule has 1 N–H and O–H groups in total. The summed E-state index contributed by atoms with van der Waals surface area (Å²) in [6.45, 7) is 10.3. The van der Waals surface area contributed by atoms with Crippen LogP contribution in [0.15, 0.2) is 15.7 Å². The summed E-state index contributed by atoms with van der Waals surface area (Å²) in [5, 5.41) is 0.199. The predicted octanol–water partition coefficient (Wildman–Crippen LogP) is 2.03. The monoisotopic (exact) mass is 415 g/mol. The molecule has 3 rings (SSSR count). The maximum Gasteiger partial charge on any atom is 0.330 e. The van der Waals surface area contributed by atoms with Crippen molar-refractivity contribution in [1.82, 2.24) is 24.3 Å². The molecular formula is C22H33N5O3. The van der Waals surface area contributed by atoms with E-state index in [0.717, 1.165) is 25.9 Å². The zero-order valence-electron chi connectivity index (χ0n) is 18.9. The Hall–Kier alpha value is -2.48. The number of hydrogen-bond acceptors (Lipinski definition) is 5. The van der Waals surface area contributed by atoms with Crippen molar-refractivity contribution in [2.45, 2.75) is 59.0 Å². The molecular weight excluding hydrogens is 382 g/mol. The lowest BCUT2D eigenvalue weighted by molar-refractivity contribution is 0.0661. The van der Waals surface area contributed by atoms with Crippen molar-refractivity contribution in [3.05, 3.63) is 38.2 Å². The van der Waals surface area contributed by atoms with Gasteiger partial charge in [0.2, 0.25) is 0 Å². The Morgan fingerprint density at radius 1 is 1.23 bits per heavy atom. The van der Waals surface area contributed by atoms with Gasteiger partial charge < -0.3 is 9.80 Å². The number of rotatable bonds is 5. The Morgan fingerprint density at radius 2 is 1.87 bits per heavy atom. The van der Waals surface area contributed by atoms with E-state index < -0.39 is 11.2 Å². The van der Waals surface area contributed by atoms with E-state index in [2.05, 4.69) is 21.9 Å². The van der Waals surface area contributed by atoms with Crippen molar-refractivity contribution in [2.75, 3.05) is 27.2 Å². The second kappa shape index (κ2) is 8.71. The van der Waals surface area contributed by atoms with Gasteiger partial charge >= 0.3 is 5.69 Å². The largest absolute Gasteiger partial charge is 0.339 e. The molecule has 2 aromatic heterocycles. The number of amides is 1. The minimum atomic E-state index is -0.557. The highest BCUT2D eigenvalue weighted by atomic mass is 16.2. The van der Waals surface area contributed by atoms with Crippen LogP contribution in [-0.4, -0.2) is 63.5 Å². The van der Waals surface area contributed by atoms with Crippen LogP contribution in [0.4, 0.5) is 0 Å². The van der Waals surface area contributed by atoms with E-state index in [1.54, 1.807) is 18.0 Å². The average molecular weight is 416 g/mol. The second-order valence-corrected chi connectivity index (χ2v) is 9.16. The Labute approximate surface area is 176 Å². The highest BCUT2D eigenvalue weighted by Gasteiger charge is 2.28. The summed E-state index contributed by atoms with van der Waals surface area (Å²) in [7, 11) is 3.88. The van der Waals surface area contributed by atoms with E-state index in [0.29, 0.717) is 23.4 Å². The molecule has 1 aliphatic rings. The van der Waals surface area contributed by atoms with Crippen LogP contribution in [0.25, 0.3) is 11.0 Å². The molecule has 2 aromatic rings. The maximum absolute atomic E-state index is 13.5. The lowest BCUT2D eigenvalue weighted by Gasteiger charge is -2.35. The zero-order valence-corrected chi connectivity index (χ0v) is 18.9. The minimum Gasteiger partial charge on any atom is -0.339 e. The number of pyridine rings is 1. The topological polar surface area (TPSA) is 91.3 Å². The summed E-state index contributed by atoms with van der Waals surface area (Å²) < 4.78 is 1.49. The van der Waals surface area contributed by atoms with Gasteiger partial charge in [-0.1, -0.05) is 27.7 Å². The summed E-state index contributed by atoms with van der Waals surface area (Å²) in [4.78, 5) is 49.9. The van der Waals surface area contributed by atoms with Crippen LogP contribution >= 0.6 is 0 Å². The number of carbonyl (C=O) groups excluding carboxylic acids is 1. The summed E-state index contributed by atoms with van der Waals surface area (Å²) >= 11 is 0. The first-order valence-electron chi connectivity index (χ1n) is 10.7. The first-order chi connectivity index (χ1) is 14.1. The summed E-state index contributed by atoms with van der Waals surface area (Å²) in [6.07, 6.45) is 1.79. The van der Waals surface area contributed by atoms with Gasteiger partial charge in [0.05, 0.1) is 10.9 Å². The number of H-pyrrole nitrogens is 1. The molecule has 1 amide bonds. The molecule has 0 atom stereocenters. The van der Waals surface area contributed by atoms with E-state index in [4.69, 9.17) is 0 Å². The van der Waals surface area contributed by atoms with Crippen molar-refractivity contribution in [1.29, 1.82) is 0 Å². The first-order valence-corrected chi connectivity index (χ1v) is 10.7. The van der Waals surface area contributed by atoms with Crippen LogP contribution in [0.5, 0.6) is 0 Å².